The summed E-state index contributed by atoms with van der Waals surface area (Å²) in [4.78, 5) is 32.3. The molecule has 0 saturated heterocycles. The fraction of sp³-hybridized carbons (Fsp3) is 0.308. The maximum Gasteiger partial charge on any atom is 1.00 e. The Morgan fingerprint density at radius 2 is 1.96 bits per heavy atom. The van der Waals surface area contributed by atoms with E-state index in [0.717, 1.165) is 5.56 Å². The molecule has 0 aliphatic carbocycles. The fourth-order valence-electron chi connectivity index (χ4n) is 1.86. The van der Waals surface area contributed by atoms with Crippen molar-refractivity contribution in [3.05, 3.63) is 38.9 Å². The number of hydrogen-bond donors (Lipinski definition) is 3. The average molecular weight is 362 g/mol. The number of benzene rings is 1. The standard InChI is InChI=1S/C12H15N3O5.CHNO.K/c1-6-3-4-10(15(19)20)8(7(6)2)5-9(11(16)17)14-12(13)18;2-1-3;/h3-4,9H,5H2,1-2H3,(H,16,17)(H3,13,14,18);3H;/q;;+1/p-1/t9-;;/m0../s1. The molecule has 0 fully saturated rings. The zero-order valence-electron chi connectivity index (χ0n) is 13.4. The molecule has 0 radical (unpaired) electrons. The van der Waals surface area contributed by atoms with Gasteiger partial charge in [0.25, 0.3) is 5.69 Å². The van der Waals surface area contributed by atoms with Gasteiger partial charge in [0.15, 0.2) is 0 Å². The second-order valence-corrected chi connectivity index (χ2v) is 4.46. The van der Waals surface area contributed by atoms with Crippen LogP contribution in [0.4, 0.5) is 10.5 Å². The van der Waals surface area contributed by atoms with Gasteiger partial charge in [-0.1, -0.05) is 6.07 Å². The molecule has 124 valence electrons. The summed E-state index contributed by atoms with van der Waals surface area (Å²) in [5, 5.41) is 37.1. The molecule has 1 rings (SSSR count). The second kappa shape index (κ2) is 11.8. The predicted octanol–water partition coefficient (Wildman–Crippen LogP) is -3.29. The van der Waals surface area contributed by atoms with Crippen LogP contribution in [0.5, 0.6) is 0 Å². The van der Waals surface area contributed by atoms with Crippen LogP contribution in [-0.4, -0.2) is 28.1 Å². The van der Waals surface area contributed by atoms with Gasteiger partial charge in [-0.2, -0.15) is 0 Å². The number of primary amides is 1. The van der Waals surface area contributed by atoms with Gasteiger partial charge in [-0.3, -0.25) is 10.1 Å². The molecular weight excluding hydrogens is 347 g/mol. The third-order valence-electron chi connectivity index (χ3n) is 3.06. The van der Waals surface area contributed by atoms with Crippen LogP contribution in [0.3, 0.4) is 0 Å². The van der Waals surface area contributed by atoms with Crippen molar-refractivity contribution in [2.24, 2.45) is 5.73 Å². The number of urea groups is 1. The first-order valence-corrected chi connectivity index (χ1v) is 6.19. The molecule has 0 aromatic heterocycles. The minimum Gasteiger partial charge on any atom is -0.812 e. The minimum absolute atomic E-state index is 0. The number of aliphatic carboxylic acids is 1. The zero-order valence-corrected chi connectivity index (χ0v) is 16.5. The Morgan fingerprint density at radius 1 is 1.46 bits per heavy atom. The van der Waals surface area contributed by atoms with Gasteiger partial charge in [0, 0.05) is 24.3 Å². The Bertz CT molecular complexity index is 659. The number of nitriles is 1. The molecule has 0 saturated carbocycles. The molecule has 24 heavy (non-hydrogen) atoms. The molecule has 0 aliphatic heterocycles. The molecule has 1 aromatic rings. The molecule has 0 unspecified atom stereocenters. The molecular formula is C13H15KN4O6. The first-order valence-electron chi connectivity index (χ1n) is 6.19. The largest absolute Gasteiger partial charge is 1.00 e. The van der Waals surface area contributed by atoms with E-state index in [1.165, 1.54) is 6.07 Å². The van der Waals surface area contributed by atoms with E-state index < -0.39 is 23.0 Å². The quantitative estimate of drug-likeness (QED) is 0.212. The zero-order chi connectivity index (χ0) is 18.2. The first-order chi connectivity index (χ1) is 10.6. The van der Waals surface area contributed by atoms with Crippen molar-refractivity contribution in [2.75, 3.05) is 0 Å². The summed E-state index contributed by atoms with van der Waals surface area (Å²) >= 11 is 0. The van der Waals surface area contributed by atoms with Crippen molar-refractivity contribution in [3.63, 3.8) is 0 Å². The number of nitro groups is 1. The predicted molar refractivity (Wildman–Crippen MR) is 76.0 cm³/mol. The summed E-state index contributed by atoms with van der Waals surface area (Å²) in [6, 6.07) is 0.604. The van der Waals surface area contributed by atoms with Gasteiger partial charge in [0.1, 0.15) is 6.04 Å². The van der Waals surface area contributed by atoms with Crippen molar-refractivity contribution >= 4 is 17.7 Å². The Balaban J connectivity index is 0. The van der Waals surface area contributed by atoms with Crippen molar-refractivity contribution in [2.45, 2.75) is 26.3 Å². The molecule has 10 nitrogen and oxygen atoms in total. The minimum atomic E-state index is -1.31. The number of hydrogen-bond acceptors (Lipinski definition) is 6. The van der Waals surface area contributed by atoms with Crippen LogP contribution in [-0.2, 0) is 11.2 Å². The summed E-state index contributed by atoms with van der Waals surface area (Å²) in [7, 11) is 0. The topological polar surface area (TPSA) is 182 Å². The van der Waals surface area contributed by atoms with E-state index in [-0.39, 0.29) is 69.1 Å². The van der Waals surface area contributed by atoms with Crippen LogP contribution in [0.1, 0.15) is 16.7 Å². The Hall–Kier alpha value is -1.71. The van der Waals surface area contributed by atoms with Crippen molar-refractivity contribution < 1.29 is 76.1 Å². The molecule has 1 aromatic carbocycles. The molecule has 2 amide bonds. The summed E-state index contributed by atoms with van der Waals surface area (Å²) in [5.74, 6) is -1.31. The van der Waals surface area contributed by atoms with Crippen LogP contribution < -0.4 is 67.5 Å². The van der Waals surface area contributed by atoms with Crippen molar-refractivity contribution in [3.8, 4) is 6.26 Å². The molecule has 0 heterocycles. The maximum absolute atomic E-state index is 11.1. The van der Waals surface area contributed by atoms with Gasteiger partial charge in [-0.15, -0.1) is 0 Å². The number of nitro benzene ring substituents is 1. The third-order valence-corrected chi connectivity index (χ3v) is 3.06. The first kappa shape index (κ1) is 24.5. The van der Waals surface area contributed by atoms with Crippen LogP contribution in [0.15, 0.2) is 12.1 Å². The SMILES string of the molecule is Cc1ccc([N+](=O)[O-])c(C[C@H](NC(N)=O)C(=O)O)c1C.N#C[O-].[K+]. The number of rotatable bonds is 5. The van der Waals surface area contributed by atoms with Gasteiger partial charge < -0.3 is 21.3 Å². The number of carbonyl (C=O) groups excluding carboxylic acids is 1. The van der Waals surface area contributed by atoms with E-state index in [2.05, 4.69) is 5.32 Å². The van der Waals surface area contributed by atoms with E-state index in [9.17, 15) is 19.7 Å². The van der Waals surface area contributed by atoms with Crippen LogP contribution in [0.2, 0.25) is 0 Å². The van der Waals surface area contributed by atoms with E-state index in [4.69, 9.17) is 21.2 Å². The Morgan fingerprint density at radius 3 is 2.33 bits per heavy atom. The number of nitrogens with zero attached hydrogens (tertiary/aromatic N) is 2. The second-order valence-electron chi connectivity index (χ2n) is 4.46. The van der Waals surface area contributed by atoms with E-state index >= 15 is 0 Å². The number of carboxylic acid groups (broad SMARTS) is 1. The van der Waals surface area contributed by atoms with Gasteiger partial charge in [0.2, 0.25) is 0 Å². The monoisotopic (exact) mass is 362 g/mol. The Kier molecular flexibility index (Phi) is 12.0. The van der Waals surface area contributed by atoms with Gasteiger partial charge in [-0.25, -0.2) is 14.9 Å². The van der Waals surface area contributed by atoms with E-state index in [0.29, 0.717) is 11.8 Å². The third kappa shape index (κ3) is 7.71. The number of amides is 2. The number of nitrogens with one attached hydrogen (secondary N) is 1. The van der Waals surface area contributed by atoms with Crippen LogP contribution in [0.25, 0.3) is 0 Å². The average Bonchev–Trinajstić information content (AvgIpc) is 2.42. The normalized spacial score (nSPS) is 10.0. The van der Waals surface area contributed by atoms with Gasteiger partial charge >= 0.3 is 63.4 Å². The molecule has 0 aliphatic rings. The van der Waals surface area contributed by atoms with Gasteiger partial charge in [-0.05, 0) is 25.0 Å². The summed E-state index contributed by atoms with van der Waals surface area (Å²) < 4.78 is 0. The molecule has 0 spiro atoms. The van der Waals surface area contributed by atoms with E-state index in [1.807, 2.05) is 0 Å². The van der Waals surface area contributed by atoms with Crippen molar-refractivity contribution in [1.82, 2.24) is 5.32 Å². The summed E-state index contributed by atoms with van der Waals surface area (Å²) in [6.07, 6.45) is 0.294. The number of carbonyl (C=O) groups is 2. The van der Waals surface area contributed by atoms with Crippen molar-refractivity contribution in [1.29, 1.82) is 5.26 Å². The summed E-state index contributed by atoms with van der Waals surface area (Å²) in [6.45, 7) is 3.43. The van der Waals surface area contributed by atoms with E-state index in [1.54, 1.807) is 19.9 Å². The fourth-order valence-corrected chi connectivity index (χ4v) is 1.86. The molecule has 4 N–H and O–H groups in total. The molecule has 0 bridgehead atoms. The smallest absolute Gasteiger partial charge is 0.812 e. The number of aryl methyl sites for hydroxylation is 1. The summed E-state index contributed by atoms with van der Waals surface area (Å²) in [5.41, 5.74) is 6.42. The maximum atomic E-state index is 11.1. The number of carboxylic acids is 1. The molecule has 11 heteroatoms. The van der Waals surface area contributed by atoms with Gasteiger partial charge in [0.05, 0.1) is 4.92 Å². The molecule has 1 atom stereocenters. The Labute approximate surface area is 180 Å². The van der Waals surface area contributed by atoms with Crippen LogP contribution >= 0.6 is 0 Å². The number of nitrogens with two attached hydrogens (primary N) is 1. The van der Waals surface area contributed by atoms with Crippen LogP contribution in [0, 0.1) is 35.5 Å².